The number of hydrogen-bond acceptors (Lipinski definition) is 8. The second kappa shape index (κ2) is 9.97. The van der Waals surface area contributed by atoms with E-state index in [9.17, 15) is 4.79 Å². The van der Waals surface area contributed by atoms with E-state index < -0.39 is 0 Å². The van der Waals surface area contributed by atoms with Crippen molar-refractivity contribution in [3.63, 3.8) is 0 Å². The molecule has 0 saturated heterocycles. The maximum atomic E-state index is 12.6. The SMILES string of the molecule is COc1ccc(CN(C)C(=O)CSc2nnnn2-c2ccccc2OC)cc1OC. The lowest BCUT2D eigenvalue weighted by Gasteiger charge is -2.18. The van der Waals surface area contributed by atoms with Crippen LogP contribution in [0.1, 0.15) is 5.56 Å². The summed E-state index contributed by atoms with van der Waals surface area (Å²) >= 11 is 1.26. The molecule has 0 spiro atoms. The highest BCUT2D eigenvalue weighted by Crippen LogP contribution is 2.28. The third-order valence-corrected chi connectivity index (χ3v) is 5.28. The minimum absolute atomic E-state index is 0.0515. The molecule has 0 saturated carbocycles. The minimum atomic E-state index is -0.0515. The van der Waals surface area contributed by atoms with E-state index in [0.29, 0.717) is 34.6 Å². The van der Waals surface area contributed by atoms with Crippen LogP contribution < -0.4 is 14.2 Å². The first-order valence-electron chi connectivity index (χ1n) is 9.06. The van der Waals surface area contributed by atoms with Crippen molar-refractivity contribution in [2.45, 2.75) is 11.7 Å². The highest BCUT2D eigenvalue weighted by molar-refractivity contribution is 7.99. The van der Waals surface area contributed by atoms with Crippen LogP contribution in [0.3, 0.4) is 0 Å². The fourth-order valence-electron chi connectivity index (χ4n) is 2.80. The second-order valence-corrected chi connectivity index (χ2v) is 7.22. The summed E-state index contributed by atoms with van der Waals surface area (Å²) in [6.07, 6.45) is 0. The van der Waals surface area contributed by atoms with E-state index in [4.69, 9.17) is 14.2 Å². The van der Waals surface area contributed by atoms with Crippen molar-refractivity contribution in [2.75, 3.05) is 34.1 Å². The van der Waals surface area contributed by atoms with Gasteiger partial charge in [-0.3, -0.25) is 4.79 Å². The smallest absolute Gasteiger partial charge is 0.233 e. The van der Waals surface area contributed by atoms with Crippen molar-refractivity contribution < 1.29 is 19.0 Å². The normalized spacial score (nSPS) is 10.5. The Kier molecular flexibility index (Phi) is 7.12. The van der Waals surface area contributed by atoms with Crippen molar-refractivity contribution in [2.24, 2.45) is 0 Å². The third kappa shape index (κ3) is 4.82. The molecule has 0 radical (unpaired) electrons. The van der Waals surface area contributed by atoms with Gasteiger partial charge in [-0.25, -0.2) is 0 Å². The molecule has 1 amide bonds. The zero-order valence-corrected chi connectivity index (χ0v) is 18.0. The number of rotatable bonds is 9. The van der Waals surface area contributed by atoms with Gasteiger partial charge >= 0.3 is 0 Å². The third-order valence-electron chi connectivity index (χ3n) is 4.37. The largest absolute Gasteiger partial charge is 0.494 e. The molecule has 0 N–H and O–H groups in total. The Morgan fingerprint density at radius 3 is 2.50 bits per heavy atom. The van der Waals surface area contributed by atoms with Crippen LogP contribution in [-0.4, -0.2) is 65.1 Å². The van der Waals surface area contributed by atoms with Crippen molar-refractivity contribution in [1.82, 2.24) is 25.1 Å². The number of tetrazole rings is 1. The summed E-state index contributed by atoms with van der Waals surface area (Å²) in [5, 5.41) is 12.3. The fraction of sp³-hybridized carbons (Fsp3) is 0.300. The van der Waals surface area contributed by atoms with E-state index >= 15 is 0 Å². The van der Waals surface area contributed by atoms with Crippen molar-refractivity contribution >= 4 is 17.7 Å². The first-order valence-corrected chi connectivity index (χ1v) is 10.0. The molecule has 9 nitrogen and oxygen atoms in total. The number of carbonyl (C=O) groups is 1. The molecule has 0 unspecified atom stereocenters. The van der Waals surface area contributed by atoms with Crippen LogP contribution in [0.25, 0.3) is 5.69 Å². The number of thioether (sulfide) groups is 1. The summed E-state index contributed by atoms with van der Waals surface area (Å²) in [6, 6.07) is 13.0. The zero-order chi connectivity index (χ0) is 21.5. The molecular formula is C20H23N5O4S. The Morgan fingerprint density at radius 1 is 1.03 bits per heavy atom. The summed E-state index contributed by atoms with van der Waals surface area (Å²) in [5.41, 5.74) is 1.64. The quantitative estimate of drug-likeness (QED) is 0.479. The van der Waals surface area contributed by atoms with Crippen molar-refractivity contribution in [1.29, 1.82) is 0 Å². The predicted molar refractivity (Wildman–Crippen MR) is 112 cm³/mol. The van der Waals surface area contributed by atoms with Crippen molar-refractivity contribution in [3.05, 3.63) is 48.0 Å². The number of aromatic nitrogens is 4. The van der Waals surface area contributed by atoms with Crippen LogP contribution in [0.5, 0.6) is 17.2 Å². The number of amides is 1. The monoisotopic (exact) mass is 429 g/mol. The zero-order valence-electron chi connectivity index (χ0n) is 17.2. The van der Waals surface area contributed by atoms with E-state index in [1.807, 2.05) is 42.5 Å². The molecule has 0 aliphatic rings. The Morgan fingerprint density at radius 2 is 1.77 bits per heavy atom. The van der Waals surface area contributed by atoms with Gasteiger partial charge in [-0.2, -0.15) is 4.68 Å². The Hall–Kier alpha value is -3.27. The van der Waals surface area contributed by atoms with Gasteiger partial charge in [-0.1, -0.05) is 30.0 Å². The van der Waals surface area contributed by atoms with Gasteiger partial charge < -0.3 is 19.1 Å². The Bertz CT molecular complexity index is 1010. The maximum Gasteiger partial charge on any atom is 0.233 e. The van der Waals surface area contributed by atoms with Gasteiger partial charge in [-0.05, 0) is 40.3 Å². The predicted octanol–water partition coefficient (Wildman–Crippen LogP) is 2.44. The summed E-state index contributed by atoms with van der Waals surface area (Å²) in [5.74, 6) is 2.06. The van der Waals surface area contributed by atoms with E-state index in [1.165, 1.54) is 11.8 Å². The first kappa shape index (κ1) is 21.4. The van der Waals surface area contributed by atoms with E-state index in [0.717, 1.165) is 5.56 Å². The summed E-state index contributed by atoms with van der Waals surface area (Å²) < 4.78 is 17.5. The van der Waals surface area contributed by atoms with Gasteiger partial charge in [0.15, 0.2) is 11.5 Å². The van der Waals surface area contributed by atoms with Gasteiger partial charge in [0.1, 0.15) is 11.4 Å². The number of hydrogen-bond donors (Lipinski definition) is 0. The Labute approximate surface area is 178 Å². The molecule has 158 valence electrons. The first-order chi connectivity index (χ1) is 14.6. The van der Waals surface area contributed by atoms with E-state index in [-0.39, 0.29) is 11.7 Å². The van der Waals surface area contributed by atoms with Gasteiger partial charge in [-0.15, -0.1) is 5.10 Å². The second-order valence-electron chi connectivity index (χ2n) is 6.27. The minimum Gasteiger partial charge on any atom is -0.494 e. The molecule has 0 fully saturated rings. The molecule has 1 aromatic heterocycles. The molecule has 3 aromatic rings. The van der Waals surface area contributed by atoms with Crippen LogP contribution in [0.4, 0.5) is 0 Å². The molecule has 0 bridgehead atoms. The summed E-state index contributed by atoms with van der Waals surface area (Å²) in [4.78, 5) is 14.3. The van der Waals surface area contributed by atoms with Crippen molar-refractivity contribution in [3.8, 4) is 22.9 Å². The molecule has 10 heteroatoms. The summed E-state index contributed by atoms with van der Waals surface area (Å²) in [7, 11) is 6.51. The highest BCUT2D eigenvalue weighted by atomic mass is 32.2. The van der Waals surface area contributed by atoms with Crippen LogP contribution in [-0.2, 0) is 11.3 Å². The van der Waals surface area contributed by atoms with Gasteiger partial charge in [0, 0.05) is 13.6 Å². The van der Waals surface area contributed by atoms with Gasteiger partial charge in [0.05, 0.1) is 27.1 Å². The number of ether oxygens (including phenoxy) is 3. The number of para-hydroxylation sites is 2. The molecule has 0 atom stereocenters. The van der Waals surface area contributed by atoms with Gasteiger partial charge in [0.25, 0.3) is 0 Å². The van der Waals surface area contributed by atoms with Crippen LogP contribution in [0.15, 0.2) is 47.6 Å². The Balaban J connectivity index is 1.65. The molecule has 1 heterocycles. The molecular weight excluding hydrogens is 406 g/mol. The topological polar surface area (TPSA) is 91.6 Å². The number of carbonyl (C=O) groups excluding carboxylic acids is 1. The number of methoxy groups -OCH3 is 3. The standard InChI is InChI=1S/C20H23N5O4S/c1-24(12-14-9-10-17(28-3)18(11-14)29-4)19(26)13-30-20-21-22-23-25(20)15-7-5-6-8-16(15)27-2/h5-11H,12-13H2,1-4H3. The number of benzene rings is 2. The van der Waals surface area contributed by atoms with E-state index in [2.05, 4.69) is 15.5 Å². The molecule has 0 aliphatic carbocycles. The highest BCUT2D eigenvalue weighted by Gasteiger charge is 2.17. The lowest BCUT2D eigenvalue weighted by atomic mass is 10.2. The maximum absolute atomic E-state index is 12.6. The molecule has 3 rings (SSSR count). The van der Waals surface area contributed by atoms with Crippen LogP contribution in [0, 0.1) is 0 Å². The fourth-order valence-corrected chi connectivity index (χ4v) is 3.63. The lowest BCUT2D eigenvalue weighted by molar-refractivity contribution is -0.127. The molecule has 0 aliphatic heterocycles. The summed E-state index contributed by atoms with van der Waals surface area (Å²) in [6.45, 7) is 0.442. The molecule has 30 heavy (non-hydrogen) atoms. The van der Waals surface area contributed by atoms with Crippen LogP contribution >= 0.6 is 11.8 Å². The van der Waals surface area contributed by atoms with Crippen LogP contribution in [0.2, 0.25) is 0 Å². The lowest BCUT2D eigenvalue weighted by Crippen LogP contribution is -2.28. The number of nitrogens with zero attached hydrogens (tertiary/aromatic N) is 5. The molecule has 2 aromatic carbocycles. The van der Waals surface area contributed by atoms with E-state index in [1.54, 1.807) is 38.0 Å². The van der Waals surface area contributed by atoms with Gasteiger partial charge in [0.2, 0.25) is 11.1 Å². The average molecular weight is 430 g/mol. The average Bonchev–Trinajstić information content (AvgIpc) is 3.25.